The zero-order valence-electron chi connectivity index (χ0n) is 16.9. The molecule has 0 spiro atoms. The lowest BCUT2D eigenvalue weighted by Gasteiger charge is -2.16. The van der Waals surface area contributed by atoms with Crippen LogP contribution in [0.25, 0.3) is 50.3 Å². The van der Waals surface area contributed by atoms with E-state index in [4.69, 9.17) is 4.98 Å². The number of hydrogen-bond acceptors (Lipinski definition) is 1. The summed E-state index contributed by atoms with van der Waals surface area (Å²) in [5, 5.41) is 2.49. The van der Waals surface area contributed by atoms with Crippen molar-refractivity contribution < 1.29 is 0 Å². The van der Waals surface area contributed by atoms with Gasteiger partial charge in [-0.15, -0.1) is 5.73 Å². The lowest BCUT2D eigenvalue weighted by molar-refractivity contribution is 1.03. The maximum absolute atomic E-state index is 4.82. The second-order valence-electron chi connectivity index (χ2n) is 7.50. The van der Waals surface area contributed by atoms with Gasteiger partial charge in [0, 0.05) is 16.8 Å². The maximum atomic E-state index is 4.82. The maximum Gasteiger partial charge on any atom is 0.146 e. The van der Waals surface area contributed by atoms with Crippen LogP contribution in [-0.2, 0) is 0 Å². The first kappa shape index (κ1) is 17.5. The van der Waals surface area contributed by atoms with Gasteiger partial charge in [0.1, 0.15) is 5.82 Å². The van der Waals surface area contributed by atoms with E-state index in [1.54, 1.807) is 0 Å². The zero-order chi connectivity index (χ0) is 20.8. The molecule has 0 bridgehead atoms. The molecule has 0 N–H and O–H groups in total. The van der Waals surface area contributed by atoms with E-state index in [1.807, 2.05) is 24.3 Å². The molecular formula is C28H19N3. The number of benzene rings is 4. The molecule has 6 aromatic rings. The molecule has 0 saturated heterocycles. The Labute approximate surface area is 179 Å². The molecule has 6 rings (SSSR count). The van der Waals surface area contributed by atoms with Crippen LogP contribution in [0.4, 0.5) is 0 Å². The van der Waals surface area contributed by atoms with Crippen molar-refractivity contribution >= 4 is 38.9 Å². The van der Waals surface area contributed by atoms with E-state index in [1.165, 1.54) is 21.8 Å². The van der Waals surface area contributed by atoms with Crippen LogP contribution >= 0.6 is 0 Å². The van der Waals surface area contributed by atoms with E-state index in [0.717, 1.165) is 28.2 Å². The number of rotatable bonds is 3. The summed E-state index contributed by atoms with van der Waals surface area (Å²) in [6.45, 7) is 3.78. The van der Waals surface area contributed by atoms with Crippen LogP contribution in [0.1, 0.15) is 5.82 Å². The largest absolute Gasteiger partial charge is 0.307 e. The number of imidazole rings is 1. The predicted octanol–water partition coefficient (Wildman–Crippen LogP) is 6.92. The van der Waals surface area contributed by atoms with Gasteiger partial charge in [-0.3, -0.25) is 4.57 Å². The normalized spacial score (nSPS) is 11.2. The van der Waals surface area contributed by atoms with Crippen molar-refractivity contribution in [2.24, 2.45) is 0 Å². The molecule has 0 unspecified atom stereocenters. The standard InChI is InChI=1S/C28H19N3/c1-2-11-28-29-22-14-5-8-17-25(22)31(28)27-19-10-9-18-26(27)30-23-15-6-3-12-20(23)21-13-4-7-16-24(21)30/h3-19H,1H2. The smallest absolute Gasteiger partial charge is 0.146 e. The van der Waals surface area contributed by atoms with Crippen LogP contribution in [0.5, 0.6) is 0 Å². The van der Waals surface area contributed by atoms with Gasteiger partial charge in [-0.05, 0) is 36.4 Å². The second-order valence-corrected chi connectivity index (χ2v) is 7.50. The van der Waals surface area contributed by atoms with E-state index in [2.05, 4.69) is 100 Å². The highest BCUT2D eigenvalue weighted by atomic mass is 15.1. The van der Waals surface area contributed by atoms with Gasteiger partial charge in [0.05, 0.1) is 33.4 Å². The van der Waals surface area contributed by atoms with Crippen LogP contribution in [0.15, 0.2) is 109 Å². The second kappa shape index (κ2) is 6.88. The highest BCUT2D eigenvalue weighted by molar-refractivity contribution is 6.09. The molecule has 3 heteroatoms. The molecule has 3 nitrogen and oxygen atoms in total. The van der Waals surface area contributed by atoms with Crippen molar-refractivity contribution in [2.45, 2.75) is 0 Å². The number of nitrogens with zero attached hydrogens (tertiary/aromatic N) is 3. The van der Waals surface area contributed by atoms with E-state index in [0.29, 0.717) is 0 Å². The number of para-hydroxylation sites is 6. The third kappa shape index (κ3) is 2.58. The van der Waals surface area contributed by atoms with Gasteiger partial charge in [0.15, 0.2) is 0 Å². The van der Waals surface area contributed by atoms with Crippen LogP contribution in [0.3, 0.4) is 0 Å². The third-order valence-corrected chi connectivity index (χ3v) is 5.76. The number of aromatic nitrogens is 3. The molecule has 0 saturated carbocycles. The van der Waals surface area contributed by atoms with E-state index in [-0.39, 0.29) is 0 Å². The molecule has 0 fully saturated rings. The molecule has 0 aliphatic heterocycles. The minimum absolute atomic E-state index is 0.810. The van der Waals surface area contributed by atoms with Crippen LogP contribution in [0.2, 0.25) is 0 Å². The molecule has 2 aromatic heterocycles. The topological polar surface area (TPSA) is 22.8 Å². The summed E-state index contributed by atoms with van der Waals surface area (Å²) >= 11 is 0. The molecule has 146 valence electrons. The molecule has 4 aromatic carbocycles. The molecule has 0 amide bonds. The minimum atomic E-state index is 0.810. The summed E-state index contributed by atoms with van der Waals surface area (Å²) in [5.41, 5.74) is 9.42. The molecule has 0 aliphatic carbocycles. The van der Waals surface area contributed by atoms with Crippen molar-refractivity contribution in [1.29, 1.82) is 0 Å². The summed E-state index contributed by atoms with van der Waals surface area (Å²) in [6, 6.07) is 33.8. The predicted molar refractivity (Wildman–Crippen MR) is 129 cm³/mol. The summed E-state index contributed by atoms with van der Waals surface area (Å²) in [4.78, 5) is 4.82. The average molecular weight is 397 g/mol. The van der Waals surface area contributed by atoms with Crippen LogP contribution < -0.4 is 0 Å². The molecule has 2 heterocycles. The number of hydrogen-bond donors (Lipinski definition) is 0. The van der Waals surface area contributed by atoms with Crippen LogP contribution in [0, 0.1) is 0 Å². The Kier molecular flexibility index (Phi) is 3.89. The third-order valence-electron chi connectivity index (χ3n) is 5.76. The Morgan fingerprint density at radius 1 is 0.613 bits per heavy atom. The zero-order valence-corrected chi connectivity index (χ0v) is 16.9. The van der Waals surface area contributed by atoms with E-state index < -0.39 is 0 Å². The van der Waals surface area contributed by atoms with Crippen molar-refractivity contribution in [2.75, 3.05) is 0 Å². The Hall–Kier alpha value is -4.33. The summed E-state index contributed by atoms with van der Waals surface area (Å²) in [5.74, 6) is 0.810. The first-order chi connectivity index (χ1) is 15.4. The van der Waals surface area contributed by atoms with Gasteiger partial charge in [0.25, 0.3) is 0 Å². The Morgan fingerprint density at radius 2 is 1.13 bits per heavy atom. The first-order valence-corrected chi connectivity index (χ1v) is 10.3. The molecule has 0 aliphatic rings. The Bertz CT molecular complexity index is 1590. The highest BCUT2D eigenvalue weighted by Gasteiger charge is 2.17. The molecule has 0 atom stereocenters. The lowest BCUT2D eigenvalue weighted by Crippen LogP contribution is -2.04. The van der Waals surface area contributed by atoms with Gasteiger partial charge in [-0.1, -0.05) is 67.2 Å². The Morgan fingerprint density at radius 3 is 1.77 bits per heavy atom. The van der Waals surface area contributed by atoms with Crippen molar-refractivity contribution in [3.63, 3.8) is 0 Å². The molecule has 31 heavy (non-hydrogen) atoms. The first-order valence-electron chi connectivity index (χ1n) is 10.3. The van der Waals surface area contributed by atoms with Gasteiger partial charge in [-0.2, -0.15) is 0 Å². The number of fused-ring (bicyclic) bond motifs is 4. The quantitative estimate of drug-likeness (QED) is 0.297. The average Bonchev–Trinajstić information content (AvgIpc) is 3.35. The summed E-state index contributed by atoms with van der Waals surface area (Å²) in [6.07, 6.45) is 1.84. The van der Waals surface area contributed by atoms with Gasteiger partial charge in [0.2, 0.25) is 0 Å². The van der Waals surface area contributed by atoms with Gasteiger partial charge in [-0.25, -0.2) is 4.98 Å². The molecular weight excluding hydrogens is 378 g/mol. The summed E-state index contributed by atoms with van der Waals surface area (Å²) in [7, 11) is 0. The molecule has 0 radical (unpaired) electrons. The van der Waals surface area contributed by atoms with Crippen molar-refractivity contribution in [3.05, 3.63) is 115 Å². The fourth-order valence-electron chi connectivity index (χ4n) is 4.51. The summed E-state index contributed by atoms with van der Waals surface area (Å²) < 4.78 is 4.53. The van der Waals surface area contributed by atoms with Crippen LogP contribution in [-0.4, -0.2) is 14.1 Å². The highest BCUT2D eigenvalue weighted by Crippen LogP contribution is 2.35. The van der Waals surface area contributed by atoms with Crippen molar-refractivity contribution in [1.82, 2.24) is 14.1 Å². The fraction of sp³-hybridized carbons (Fsp3) is 0. The van der Waals surface area contributed by atoms with Crippen molar-refractivity contribution in [3.8, 4) is 11.4 Å². The minimum Gasteiger partial charge on any atom is -0.307 e. The van der Waals surface area contributed by atoms with Gasteiger partial charge < -0.3 is 4.57 Å². The SMILES string of the molecule is C=C=Cc1nc2ccccc2n1-c1ccccc1-n1c2ccccc2c2ccccc21. The fourth-order valence-corrected chi connectivity index (χ4v) is 4.51. The van der Waals surface area contributed by atoms with Gasteiger partial charge >= 0.3 is 0 Å². The Balaban J connectivity index is 1.76. The van der Waals surface area contributed by atoms with E-state index in [9.17, 15) is 0 Å². The monoisotopic (exact) mass is 397 g/mol. The lowest BCUT2D eigenvalue weighted by atomic mass is 10.2. The van der Waals surface area contributed by atoms with E-state index >= 15 is 0 Å².